The minimum atomic E-state index is -0.561. The minimum Gasteiger partial charge on any atom is -0.454 e. The van der Waals surface area contributed by atoms with Gasteiger partial charge in [0.2, 0.25) is 12.7 Å². The molecule has 0 bridgehead atoms. The maximum Gasteiger partial charge on any atom is 0.263 e. The minimum absolute atomic E-state index is 0.141. The summed E-state index contributed by atoms with van der Waals surface area (Å²) in [5.41, 5.74) is 1.17. The van der Waals surface area contributed by atoms with Crippen LogP contribution >= 0.6 is 11.6 Å². The van der Waals surface area contributed by atoms with Gasteiger partial charge in [0.05, 0.1) is 16.1 Å². The number of nitrogens with zero attached hydrogens (tertiary/aromatic N) is 1. The summed E-state index contributed by atoms with van der Waals surface area (Å²) in [5, 5.41) is 2.88. The summed E-state index contributed by atoms with van der Waals surface area (Å²) >= 11 is 6.00. The summed E-state index contributed by atoms with van der Waals surface area (Å²) in [6.45, 7) is 0.0417. The zero-order valence-electron chi connectivity index (χ0n) is 13.5. The highest BCUT2D eigenvalue weighted by molar-refractivity contribution is 6.37. The molecule has 2 aliphatic rings. The van der Waals surface area contributed by atoms with Crippen molar-refractivity contribution in [3.05, 3.63) is 58.1 Å². The third kappa shape index (κ3) is 2.76. The van der Waals surface area contributed by atoms with Crippen molar-refractivity contribution in [3.8, 4) is 11.5 Å². The van der Waals surface area contributed by atoms with Gasteiger partial charge >= 0.3 is 0 Å². The number of carbonyl (C=O) groups is 3. The third-order valence-corrected chi connectivity index (χ3v) is 4.49. The van der Waals surface area contributed by atoms with Crippen molar-refractivity contribution in [2.75, 3.05) is 13.3 Å². The maximum absolute atomic E-state index is 12.4. The van der Waals surface area contributed by atoms with Gasteiger partial charge in [-0.15, -0.1) is 0 Å². The molecule has 8 heteroatoms. The molecule has 0 aliphatic carbocycles. The van der Waals surface area contributed by atoms with E-state index in [1.807, 2.05) is 0 Å². The quantitative estimate of drug-likeness (QED) is 0.829. The summed E-state index contributed by atoms with van der Waals surface area (Å²) in [4.78, 5) is 37.8. The topological polar surface area (TPSA) is 84.9 Å². The zero-order valence-corrected chi connectivity index (χ0v) is 14.2. The fourth-order valence-electron chi connectivity index (χ4n) is 2.89. The Hall–Kier alpha value is -3.06. The summed E-state index contributed by atoms with van der Waals surface area (Å²) in [7, 11) is 0. The van der Waals surface area contributed by atoms with Gasteiger partial charge in [-0.25, -0.2) is 0 Å². The Morgan fingerprint density at radius 3 is 2.73 bits per heavy atom. The first-order valence-electron chi connectivity index (χ1n) is 7.84. The molecule has 3 amide bonds. The Labute approximate surface area is 153 Å². The Morgan fingerprint density at radius 2 is 1.92 bits per heavy atom. The van der Waals surface area contributed by atoms with E-state index >= 15 is 0 Å². The Kier molecular flexibility index (Phi) is 4.00. The number of amides is 3. The average molecular weight is 373 g/mol. The smallest absolute Gasteiger partial charge is 0.263 e. The van der Waals surface area contributed by atoms with E-state index in [1.165, 1.54) is 12.1 Å². The SMILES string of the molecule is O=C(CN1C(=O)c2cccc(Cl)c2C1=O)NCc1ccc2c(c1)OCO2. The second kappa shape index (κ2) is 6.34. The summed E-state index contributed by atoms with van der Waals surface area (Å²) in [5.74, 6) is -0.262. The van der Waals surface area contributed by atoms with Gasteiger partial charge in [-0.2, -0.15) is 0 Å². The van der Waals surface area contributed by atoms with Crippen molar-refractivity contribution in [2.24, 2.45) is 0 Å². The molecule has 132 valence electrons. The van der Waals surface area contributed by atoms with E-state index in [9.17, 15) is 14.4 Å². The average Bonchev–Trinajstić information content (AvgIpc) is 3.19. The van der Waals surface area contributed by atoms with Crippen LogP contribution in [0.2, 0.25) is 5.02 Å². The van der Waals surface area contributed by atoms with Crippen LogP contribution in [0.3, 0.4) is 0 Å². The van der Waals surface area contributed by atoms with E-state index in [1.54, 1.807) is 24.3 Å². The number of imide groups is 1. The molecule has 26 heavy (non-hydrogen) atoms. The lowest BCUT2D eigenvalue weighted by atomic mass is 10.1. The summed E-state index contributed by atoms with van der Waals surface area (Å²) < 4.78 is 10.5. The molecular formula is C18H13ClN2O5. The lowest BCUT2D eigenvalue weighted by Crippen LogP contribution is -2.40. The van der Waals surface area contributed by atoms with Crippen LogP contribution in [-0.2, 0) is 11.3 Å². The van der Waals surface area contributed by atoms with Crippen LogP contribution in [0.1, 0.15) is 26.3 Å². The molecule has 0 radical (unpaired) electrons. The second-order valence-electron chi connectivity index (χ2n) is 5.82. The highest BCUT2D eigenvalue weighted by Gasteiger charge is 2.38. The molecule has 0 saturated carbocycles. The molecule has 0 atom stereocenters. The Bertz CT molecular complexity index is 943. The van der Waals surface area contributed by atoms with Gasteiger partial charge in [0.25, 0.3) is 11.8 Å². The molecule has 2 heterocycles. The van der Waals surface area contributed by atoms with Crippen LogP contribution in [0.5, 0.6) is 11.5 Å². The fraction of sp³-hybridized carbons (Fsp3) is 0.167. The van der Waals surface area contributed by atoms with Gasteiger partial charge in [-0.1, -0.05) is 23.7 Å². The van der Waals surface area contributed by atoms with Crippen molar-refractivity contribution in [1.82, 2.24) is 10.2 Å². The molecule has 2 aromatic rings. The molecule has 0 saturated heterocycles. The molecule has 2 aromatic carbocycles. The van der Waals surface area contributed by atoms with Crippen LogP contribution in [0, 0.1) is 0 Å². The summed E-state index contributed by atoms with van der Waals surface area (Å²) in [6, 6.07) is 9.98. The number of carbonyl (C=O) groups excluding carboxylic acids is 3. The maximum atomic E-state index is 12.4. The van der Waals surface area contributed by atoms with Crippen LogP contribution in [0.25, 0.3) is 0 Å². The van der Waals surface area contributed by atoms with E-state index in [2.05, 4.69) is 5.32 Å². The molecular weight excluding hydrogens is 360 g/mol. The van der Waals surface area contributed by atoms with Crippen LogP contribution in [-0.4, -0.2) is 36.0 Å². The van der Waals surface area contributed by atoms with E-state index in [0.717, 1.165) is 10.5 Å². The predicted molar refractivity (Wildman–Crippen MR) is 91.2 cm³/mol. The Balaban J connectivity index is 1.40. The van der Waals surface area contributed by atoms with Gasteiger partial charge in [0.15, 0.2) is 11.5 Å². The number of fused-ring (bicyclic) bond motifs is 2. The second-order valence-corrected chi connectivity index (χ2v) is 6.23. The van der Waals surface area contributed by atoms with Gasteiger partial charge in [0.1, 0.15) is 6.54 Å². The number of ether oxygens (including phenoxy) is 2. The molecule has 4 rings (SSSR count). The van der Waals surface area contributed by atoms with Crippen molar-refractivity contribution >= 4 is 29.3 Å². The molecule has 0 unspecified atom stereocenters. The first kappa shape index (κ1) is 16.4. The fourth-order valence-corrected chi connectivity index (χ4v) is 3.14. The van der Waals surface area contributed by atoms with E-state index in [-0.39, 0.29) is 36.0 Å². The highest BCUT2D eigenvalue weighted by atomic mass is 35.5. The highest BCUT2D eigenvalue weighted by Crippen LogP contribution is 2.32. The monoisotopic (exact) mass is 372 g/mol. The van der Waals surface area contributed by atoms with E-state index in [4.69, 9.17) is 21.1 Å². The molecule has 7 nitrogen and oxygen atoms in total. The van der Waals surface area contributed by atoms with Gasteiger partial charge in [0, 0.05) is 6.54 Å². The predicted octanol–water partition coefficient (Wildman–Crippen LogP) is 1.98. The lowest BCUT2D eigenvalue weighted by Gasteiger charge is -2.13. The van der Waals surface area contributed by atoms with E-state index in [0.29, 0.717) is 11.5 Å². The zero-order chi connectivity index (χ0) is 18.3. The Morgan fingerprint density at radius 1 is 1.12 bits per heavy atom. The normalized spacial score (nSPS) is 14.6. The number of nitrogens with one attached hydrogen (secondary N) is 1. The van der Waals surface area contributed by atoms with Crippen LogP contribution in [0.15, 0.2) is 36.4 Å². The third-order valence-electron chi connectivity index (χ3n) is 4.18. The summed E-state index contributed by atoms with van der Waals surface area (Å²) in [6.07, 6.45) is 0. The molecule has 1 N–H and O–H groups in total. The standard InChI is InChI=1S/C18H13ClN2O5/c19-12-3-1-2-11-16(12)18(24)21(17(11)23)8-15(22)20-7-10-4-5-13-14(6-10)26-9-25-13/h1-6H,7-9H2,(H,20,22). The first-order chi connectivity index (χ1) is 12.5. The lowest BCUT2D eigenvalue weighted by molar-refractivity contribution is -0.121. The number of hydrogen-bond donors (Lipinski definition) is 1. The van der Waals surface area contributed by atoms with Crippen molar-refractivity contribution in [2.45, 2.75) is 6.54 Å². The molecule has 0 fully saturated rings. The van der Waals surface area contributed by atoms with Crippen molar-refractivity contribution in [3.63, 3.8) is 0 Å². The van der Waals surface area contributed by atoms with Crippen molar-refractivity contribution in [1.29, 1.82) is 0 Å². The first-order valence-corrected chi connectivity index (χ1v) is 8.22. The number of benzene rings is 2. The molecule has 0 aromatic heterocycles. The van der Waals surface area contributed by atoms with Gasteiger partial charge in [-0.05, 0) is 29.8 Å². The van der Waals surface area contributed by atoms with Gasteiger partial charge in [-0.3, -0.25) is 19.3 Å². The van der Waals surface area contributed by atoms with Crippen molar-refractivity contribution < 1.29 is 23.9 Å². The van der Waals surface area contributed by atoms with Gasteiger partial charge < -0.3 is 14.8 Å². The van der Waals surface area contributed by atoms with Crippen LogP contribution < -0.4 is 14.8 Å². The molecule has 0 spiro atoms. The number of hydrogen-bond acceptors (Lipinski definition) is 5. The molecule has 2 aliphatic heterocycles. The largest absolute Gasteiger partial charge is 0.454 e. The van der Waals surface area contributed by atoms with Crippen LogP contribution in [0.4, 0.5) is 0 Å². The number of rotatable bonds is 4. The van der Waals surface area contributed by atoms with E-state index < -0.39 is 17.7 Å². The number of halogens is 1.